The minimum Gasteiger partial charge on any atom is -0.389 e. The Morgan fingerprint density at radius 1 is 0.971 bits per heavy atom. The van der Waals surface area contributed by atoms with Crippen molar-refractivity contribution < 1.29 is 9.84 Å². The molecule has 1 fully saturated rings. The number of fused-ring (bicyclic) bond motifs is 2. The number of ether oxygens (including phenoxy) is 1. The van der Waals surface area contributed by atoms with Crippen molar-refractivity contribution in [2.45, 2.75) is 58.8 Å². The van der Waals surface area contributed by atoms with Crippen LogP contribution in [0.1, 0.15) is 56.9 Å². The Morgan fingerprint density at radius 3 is 2.40 bits per heavy atom. The van der Waals surface area contributed by atoms with E-state index in [2.05, 4.69) is 70.7 Å². The van der Waals surface area contributed by atoms with Crippen molar-refractivity contribution in [3.05, 3.63) is 58.7 Å². The first-order valence-corrected chi connectivity index (χ1v) is 13.1. The van der Waals surface area contributed by atoms with Gasteiger partial charge in [0.1, 0.15) is 0 Å². The van der Waals surface area contributed by atoms with Crippen molar-refractivity contribution in [1.82, 2.24) is 15.1 Å². The molecule has 0 radical (unpaired) electrons. The Labute approximate surface area is 211 Å². The van der Waals surface area contributed by atoms with Crippen LogP contribution in [0.2, 0.25) is 0 Å². The van der Waals surface area contributed by atoms with Crippen LogP contribution in [0.25, 0.3) is 0 Å². The molecular weight excluding hydrogens is 436 g/mol. The maximum atomic E-state index is 9.83. The first kappa shape index (κ1) is 26.1. The molecule has 35 heavy (non-hydrogen) atoms. The highest BCUT2D eigenvalue weighted by Gasteiger charge is 2.33. The van der Waals surface area contributed by atoms with Crippen molar-refractivity contribution in [3.63, 3.8) is 0 Å². The van der Waals surface area contributed by atoms with Crippen molar-refractivity contribution in [3.8, 4) is 0 Å². The van der Waals surface area contributed by atoms with Crippen LogP contribution in [0.15, 0.2) is 36.4 Å². The van der Waals surface area contributed by atoms with Gasteiger partial charge in [0.25, 0.3) is 0 Å². The number of rotatable bonds is 10. The van der Waals surface area contributed by atoms with Gasteiger partial charge in [-0.15, -0.1) is 0 Å². The Bertz CT molecular complexity index is 991. The summed E-state index contributed by atoms with van der Waals surface area (Å²) in [5.74, 6) is 0. The highest BCUT2D eigenvalue weighted by Crippen LogP contribution is 2.45. The molecule has 0 saturated carbocycles. The highest BCUT2D eigenvalue weighted by molar-refractivity contribution is 5.76. The van der Waals surface area contributed by atoms with Crippen molar-refractivity contribution in [1.29, 1.82) is 0 Å². The largest absolute Gasteiger partial charge is 0.389 e. The Kier molecular flexibility index (Phi) is 8.19. The number of piperazine rings is 1. The lowest BCUT2D eigenvalue weighted by Crippen LogP contribution is -2.48. The third kappa shape index (κ3) is 6.63. The summed E-state index contributed by atoms with van der Waals surface area (Å²) in [6.45, 7) is 19.7. The molecule has 2 aliphatic rings. The minimum atomic E-state index is -0.647. The minimum absolute atomic E-state index is 0.0507. The summed E-state index contributed by atoms with van der Waals surface area (Å²) in [6, 6.07) is 13.7. The molecule has 192 valence electrons. The predicted molar refractivity (Wildman–Crippen MR) is 145 cm³/mol. The van der Waals surface area contributed by atoms with Crippen molar-refractivity contribution in [2.24, 2.45) is 0 Å². The van der Waals surface area contributed by atoms with Gasteiger partial charge in [-0.2, -0.15) is 0 Å². The standard InChI is InChI=1S/C29H44N4O2/c1-6-35-20-23-7-9-24-27(18-23)31-26-10-8-22(17-25(26)29(24,4)5)19-33-15-13-32(14-16-33)12-11-30-21-28(2,3)34/h7-10,17-18,30-31,34H,6,11-16,19-21H2,1-5H3. The van der Waals surface area contributed by atoms with E-state index in [-0.39, 0.29) is 5.41 Å². The third-order valence-corrected chi connectivity index (χ3v) is 7.29. The molecule has 0 spiro atoms. The maximum absolute atomic E-state index is 9.83. The number of aliphatic hydroxyl groups is 1. The molecule has 2 aromatic carbocycles. The zero-order valence-corrected chi connectivity index (χ0v) is 22.3. The summed E-state index contributed by atoms with van der Waals surface area (Å²) in [7, 11) is 0. The van der Waals surface area contributed by atoms with E-state index in [0.29, 0.717) is 13.2 Å². The monoisotopic (exact) mass is 480 g/mol. The van der Waals surface area contributed by atoms with E-state index in [9.17, 15) is 5.11 Å². The average molecular weight is 481 g/mol. The van der Waals surface area contributed by atoms with Crippen LogP contribution < -0.4 is 10.6 Å². The first-order chi connectivity index (χ1) is 16.7. The van der Waals surface area contributed by atoms with Crippen LogP contribution in [-0.2, 0) is 23.3 Å². The average Bonchev–Trinajstić information content (AvgIpc) is 2.81. The molecule has 2 aromatic rings. The number of nitrogens with one attached hydrogen (secondary N) is 2. The van der Waals surface area contributed by atoms with E-state index in [1.165, 1.54) is 33.6 Å². The number of hydrogen-bond acceptors (Lipinski definition) is 6. The predicted octanol–water partition coefficient (Wildman–Crippen LogP) is 4.08. The van der Waals surface area contributed by atoms with Crippen LogP contribution in [0.5, 0.6) is 0 Å². The van der Waals surface area contributed by atoms with Gasteiger partial charge in [-0.1, -0.05) is 38.1 Å². The van der Waals surface area contributed by atoms with E-state index in [1.807, 2.05) is 20.8 Å². The fourth-order valence-corrected chi connectivity index (χ4v) is 5.22. The van der Waals surface area contributed by atoms with Gasteiger partial charge >= 0.3 is 0 Å². The van der Waals surface area contributed by atoms with E-state index in [1.54, 1.807) is 0 Å². The molecule has 6 nitrogen and oxygen atoms in total. The molecule has 0 atom stereocenters. The summed E-state index contributed by atoms with van der Waals surface area (Å²) < 4.78 is 5.62. The number of nitrogens with zero attached hydrogens (tertiary/aromatic N) is 2. The second-order valence-electron chi connectivity index (χ2n) is 11.3. The first-order valence-electron chi connectivity index (χ1n) is 13.1. The van der Waals surface area contributed by atoms with Gasteiger partial charge in [0, 0.05) is 75.8 Å². The molecule has 0 bridgehead atoms. The molecule has 6 heteroatoms. The van der Waals surface area contributed by atoms with E-state index in [0.717, 1.165) is 52.4 Å². The molecule has 0 aliphatic carbocycles. The molecule has 4 rings (SSSR count). The Balaban J connectivity index is 1.34. The van der Waals surface area contributed by atoms with Crippen LogP contribution in [0.4, 0.5) is 11.4 Å². The molecule has 1 saturated heterocycles. The van der Waals surface area contributed by atoms with E-state index < -0.39 is 5.60 Å². The van der Waals surface area contributed by atoms with Gasteiger partial charge in [-0.3, -0.25) is 9.80 Å². The van der Waals surface area contributed by atoms with Gasteiger partial charge in [-0.05, 0) is 55.2 Å². The zero-order chi connectivity index (χ0) is 25.1. The van der Waals surface area contributed by atoms with Crippen LogP contribution in [0, 0.1) is 0 Å². The third-order valence-electron chi connectivity index (χ3n) is 7.29. The number of anilines is 2. The lowest BCUT2D eigenvalue weighted by atomic mass is 9.73. The zero-order valence-electron chi connectivity index (χ0n) is 22.3. The highest BCUT2D eigenvalue weighted by atomic mass is 16.5. The molecule has 2 aliphatic heterocycles. The molecule has 0 aromatic heterocycles. The van der Waals surface area contributed by atoms with Gasteiger partial charge in [0.2, 0.25) is 0 Å². The normalized spacial score (nSPS) is 18.1. The van der Waals surface area contributed by atoms with Crippen LogP contribution in [0.3, 0.4) is 0 Å². The molecule has 3 N–H and O–H groups in total. The molecule has 2 heterocycles. The topological polar surface area (TPSA) is 60.0 Å². The number of hydrogen-bond donors (Lipinski definition) is 3. The molecule has 0 amide bonds. The maximum Gasteiger partial charge on any atom is 0.0717 e. The van der Waals surface area contributed by atoms with Gasteiger partial charge in [0.15, 0.2) is 0 Å². The van der Waals surface area contributed by atoms with Gasteiger partial charge in [-0.25, -0.2) is 0 Å². The summed E-state index contributed by atoms with van der Waals surface area (Å²) in [5.41, 5.74) is 7.02. The molecule has 0 unspecified atom stereocenters. The quantitative estimate of drug-likeness (QED) is 0.446. The number of benzene rings is 2. The van der Waals surface area contributed by atoms with Gasteiger partial charge < -0.3 is 20.5 Å². The van der Waals surface area contributed by atoms with Gasteiger partial charge in [0.05, 0.1) is 12.2 Å². The van der Waals surface area contributed by atoms with Crippen molar-refractivity contribution >= 4 is 11.4 Å². The lowest BCUT2D eigenvalue weighted by Gasteiger charge is -2.37. The smallest absolute Gasteiger partial charge is 0.0717 e. The summed E-state index contributed by atoms with van der Waals surface area (Å²) in [4.78, 5) is 5.09. The van der Waals surface area contributed by atoms with E-state index >= 15 is 0 Å². The van der Waals surface area contributed by atoms with E-state index in [4.69, 9.17) is 4.74 Å². The lowest BCUT2D eigenvalue weighted by molar-refractivity contribution is 0.0772. The fraction of sp³-hybridized carbons (Fsp3) is 0.586. The second-order valence-corrected chi connectivity index (χ2v) is 11.3. The second kappa shape index (κ2) is 11.0. The molecular formula is C29H44N4O2. The SMILES string of the molecule is CCOCc1ccc2c(c1)Nc1ccc(CN3CCN(CCNCC(C)(C)O)CC3)cc1C2(C)C. The summed E-state index contributed by atoms with van der Waals surface area (Å²) >= 11 is 0. The summed E-state index contributed by atoms with van der Waals surface area (Å²) in [6.07, 6.45) is 0. The fourth-order valence-electron chi connectivity index (χ4n) is 5.22. The summed E-state index contributed by atoms with van der Waals surface area (Å²) in [5, 5.41) is 16.9. The van der Waals surface area contributed by atoms with Crippen molar-refractivity contribution in [2.75, 3.05) is 57.7 Å². The Hall–Kier alpha value is -1.96. The Morgan fingerprint density at radius 2 is 1.69 bits per heavy atom. The van der Waals surface area contributed by atoms with Crippen LogP contribution >= 0.6 is 0 Å². The van der Waals surface area contributed by atoms with Crippen LogP contribution in [-0.4, -0.2) is 72.9 Å².